The highest BCUT2D eigenvalue weighted by Crippen LogP contribution is 2.46. The van der Waals surface area contributed by atoms with Crippen LogP contribution in [0.25, 0.3) is 0 Å². The minimum absolute atomic E-state index is 0.187. The summed E-state index contributed by atoms with van der Waals surface area (Å²) >= 11 is 0. The molecule has 1 aliphatic rings. The van der Waals surface area contributed by atoms with Crippen molar-refractivity contribution in [1.82, 2.24) is 0 Å². The molecule has 1 atom stereocenters. The lowest BCUT2D eigenvalue weighted by atomic mass is 9.71. The Kier molecular flexibility index (Phi) is 3.60. The van der Waals surface area contributed by atoms with Crippen LogP contribution in [0, 0.1) is 5.41 Å². The predicted octanol–water partition coefficient (Wildman–Crippen LogP) is 2.67. The molecule has 2 rings (SSSR count). The Balaban J connectivity index is 2.37. The van der Waals surface area contributed by atoms with E-state index >= 15 is 0 Å². The monoisotopic (exact) mass is 262 g/mol. The lowest BCUT2D eigenvalue weighted by molar-refractivity contribution is -0.150. The normalized spacial score (nSPS) is 20.4. The van der Waals surface area contributed by atoms with E-state index in [1.54, 1.807) is 26.8 Å². The zero-order chi connectivity index (χ0) is 14.0. The maximum absolute atomic E-state index is 12.1. The van der Waals surface area contributed by atoms with Crippen molar-refractivity contribution in [1.29, 1.82) is 0 Å². The van der Waals surface area contributed by atoms with Gasteiger partial charge in [-0.2, -0.15) is 0 Å². The first-order valence-corrected chi connectivity index (χ1v) is 6.43. The van der Waals surface area contributed by atoms with E-state index in [4.69, 9.17) is 9.47 Å². The Morgan fingerprint density at radius 2 is 2.05 bits per heavy atom. The molecule has 4 nitrogen and oxygen atoms in total. The number of hydrogen-bond acceptors (Lipinski definition) is 4. The van der Waals surface area contributed by atoms with Crippen LogP contribution < -0.4 is 4.74 Å². The summed E-state index contributed by atoms with van der Waals surface area (Å²) in [4.78, 5) is 23.8. The molecule has 1 aliphatic heterocycles. The zero-order valence-corrected chi connectivity index (χ0v) is 11.4. The fraction of sp³-hybridized carbons (Fsp3) is 0.467. The van der Waals surface area contributed by atoms with Crippen molar-refractivity contribution in [2.45, 2.75) is 33.1 Å². The highest BCUT2D eigenvalue weighted by molar-refractivity contribution is 5.84. The van der Waals surface area contributed by atoms with Gasteiger partial charge in [-0.15, -0.1) is 0 Å². The van der Waals surface area contributed by atoms with Crippen molar-refractivity contribution in [3.8, 4) is 5.75 Å². The quantitative estimate of drug-likeness (QED) is 0.620. The number of fused-ring (bicyclic) bond motifs is 1. The van der Waals surface area contributed by atoms with Crippen molar-refractivity contribution in [2.24, 2.45) is 5.41 Å². The Hall–Kier alpha value is -1.84. The fourth-order valence-corrected chi connectivity index (χ4v) is 2.38. The van der Waals surface area contributed by atoms with E-state index in [1.165, 1.54) is 0 Å². The maximum atomic E-state index is 12.1. The summed E-state index contributed by atoms with van der Waals surface area (Å²) in [5, 5.41) is 0. The molecule has 4 heteroatoms. The van der Waals surface area contributed by atoms with Crippen LogP contribution in [0.5, 0.6) is 5.75 Å². The molecule has 0 aliphatic carbocycles. The minimum atomic E-state index is -0.735. The van der Waals surface area contributed by atoms with E-state index < -0.39 is 5.41 Å². The number of carbonyl (C=O) groups excluding carboxylic acids is 2. The van der Waals surface area contributed by atoms with Crippen molar-refractivity contribution in [3.05, 3.63) is 29.8 Å². The third kappa shape index (κ3) is 2.48. The third-order valence-corrected chi connectivity index (χ3v) is 3.57. The molecule has 1 aromatic rings. The predicted molar refractivity (Wildman–Crippen MR) is 69.8 cm³/mol. The van der Waals surface area contributed by atoms with E-state index in [1.807, 2.05) is 18.2 Å². The molecule has 0 bridgehead atoms. The molecule has 1 heterocycles. The van der Waals surface area contributed by atoms with Gasteiger partial charge >= 0.3 is 11.9 Å². The second-order valence-corrected chi connectivity index (χ2v) is 5.21. The summed E-state index contributed by atoms with van der Waals surface area (Å²) in [6, 6.07) is 7.34. The molecule has 0 fully saturated rings. The number of para-hydroxylation sites is 1. The molecule has 0 saturated heterocycles. The molecule has 1 aromatic carbocycles. The summed E-state index contributed by atoms with van der Waals surface area (Å²) in [7, 11) is 0. The van der Waals surface area contributed by atoms with Gasteiger partial charge in [-0.25, -0.2) is 0 Å². The summed E-state index contributed by atoms with van der Waals surface area (Å²) in [6.45, 7) is 5.72. The van der Waals surface area contributed by atoms with Gasteiger partial charge in [0.05, 0.1) is 18.4 Å². The summed E-state index contributed by atoms with van der Waals surface area (Å²) in [5.41, 5.74) is 0.154. The SMILES string of the molecule is CCOC(=O)CC1c2ccccc2OC(=O)C1(C)C. The molecule has 0 amide bonds. The standard InChI is InChI=1S/C15H18O4/c1-4-18-13(16)9-11-10-7-5-6-8-12(10)19-14(17)15(11,2)3/h5-8,11H,4,9H2,1-3H3. The number of rotatable bonds is 3. The first-order chi connectivity index (χ1) is 8.96. The van der Waals surface area contributed by atoms with Gasteiger partial charge in [0.15, 0.2) is 0 Å². The van der Waals surface area contributed by atoms with E-state index in [9.17, 15) is 9.59 Å². The average Bonchev–Trinajstić information content (AvgIpc) is 2.36. The van der Waals surface area contributed by atoms with Gasteiger partial charge in [0, 0.05) is 5.92 Å². The van der Waals surface area contributed by atoms with Crippen LogP contribution in [0.2, 0.25) is 0 Å². The molecule has 0 aromatic heterocycles. The summed E-state index contributed by atoms with van der Waals surface area (Å²) in [6.07, 6.45) is 0.187. The molecule has 0 radical (unpaired) electrons. The average molecular weight is 262 g/mol. The minimum Gasteiger partial charge on any atom is -0.466 e. The van der Waals surface area contributed by atoms with Crippen molar-refractivity contribution in [2.75, 3.05) is 6.61 Å². The Morgan fingerprint density at radius 3 is 2.74 bits per heavy atom. The van der Waals surface area contributed by atoms with Crippen LogP contribution in [0.4, 0.5) is 0 Å². The lowest BCUT2D eigenvalue weighted by Crippen LogP contribution is -2.40. The molecule has 0 spiro atoms. The van der Waals surface area contributed by atoms with Gasteiger partial charge in [0.25, 0.3) is 0 Å². The number of hydrogen-bond donors (Lipinski definition) is 0. The van der Waals surface area contributed by atoms with Crippen molar-refractivity contribution in [3.63, 3.8) is 0 Å². The molecule has 102 valence electrons. The van der Waals surface area contributed by atoms with Gasteiger partial charge in [0.2, 0.25) is 0 Å². The highest BCUT2D eigenvalue weighted by atomic mass is 16.5. The third-order valence-electron chi connectivity index (χ3n) is 3.57. The van der Waals surface area contributed by atoms with Gasteiger partial charge in [0.1, 0.15) is 5.75 Å². The van der Waals surface area contributed by atoms with E-state index in [2.05, 4.69) is 0 Å². The van der Waals surface area contributed by atoms with E-state index in [0.717, 1.165) is 5.56 Å². The first kappa shape index (κ1) is 13.6. The van der Waals surface area contributed by atoms with Crippen LogP contribution in [-0.2, 0) is 14.3 Å². The van der Waals surface area contributed by atoms with Gasteiger partial charge < -0.3 is 9.47 Å². The number of benzene rings is 1. The van der Waals surface area contributed by atoms with Crippen LogP contribution in [-0.4, -0.2) is 18.5 Å². The Morgan fingerprint density at radius 1 is 1.37 bits per heavy atom. The van der Waals surface area contributed by atoms with Crippen molar-refractivity contribution < 1.29 is 19.1 Å². The Bertz CT molecular complexity index is 505. The molecule has 19 heavy (non-hydrogen) atoms. The molecule has 0 saturated carbocycles. The second-order valence-electron chi connectivity index (χ2n) is 5.21. The number of carbonyl (C=O) groups is 2. The summed E-state index contributed by atoms with van der Waals surface area (Å²) in [5.74, 6) is -0.268. The van der Waals surface area contributed by atoms with Crippen molar-refractivity contribution >= 4 is 11.9 Å². The maximum Gasteiger partial charge on any atom is 0.317 e. The van der Waals surface area contributed by atoms with E-state index in [0.29, 0.717) is 12.4 Å². The largest absolute Gasteiger partial charge is 0.466 e. The lowest BCUT2D eigenvalue weighted by Gasteiger charge is -2.37. The van der Waals surface area contributed by atoms with Crippen LogP contribution in [0.3, 0.4) is 0 Å². The first-order valence-electron chi connectivity index (χ1n) is 6.43. The van der Waals surface area contributed by atoms with E-state index in [-0.39, 0.29) is 24.3 Å². The summed E-state index contributed by atoms with van der Waals surface area (Å²) < 4.78 is 10.3. The highest BCUT2D eigenvalue weighted by Gasteiger charge is 2.45. The number of esters is 2. The number of ether oxygens (including phenoxy) is 2. The zero-order valence-electron chi connectivity index (χ0n) is 11.4. The molecular formula is C15H18O4. The topological polar surface area (TPSA) is 52.6 Å². The Labute approximate surface area is 112 Å². The van der Waals surface area contributed by atoms with Crippen LogP contribution in [0.1, 0.15) is 38.7 Å². The smallest absolute Gasteiger partial charge is 0.317 e. The van der Waals surface area contributed by atoms with Gasteiger partial charge in [-0.05, 0) is 32.4 Å². The van der Waals surface area contributed by atoms with Gasteiger partial charge in [-0.1, -0.05) is 18.2 Å². The second kappa shape index (κ2) is 5.03. The molecule has 0 N–H and O–H groups in total. The molecule has 1 unspecified atom stereocenters. The van der Waals surface area contributed by atoms with Crippen LogP contribution >= 0.6 is 0 Å². The van der Waals surface area contributed by atoms with Gasteiger partial charge in [-0.3, -0.25) is 9.59 Å². The molecular weight excluding hydrogens is 244 g/mol. The van der Waals surface area contributed by atoms with Crippen LogP contribution in [0.15, 0.2) is 24.3 Å². The fourth-order valence-electron chi connectivity index (χ4n) is 2.38.